The lowest BCUT2D eigenvalue weighted by molar-refractivity contribution is 0.366. The van der Waals surface area contributed by atoms with Gasteiger partial charge in [0.2, 0.25) is 0 Å². The van der Waals surface area contributed by atoms with Crippen molar-refractivity contribution in [1.82, 2.24) is 10.2 Å². The van der Waals surface area contributed by atoms with E-state index in [0.29, 0.717) is 12.3 Å². The topological polar surface area (TPSA) is 55.3 Å². The highest BCUT2D eigenvalue weighted by Gasteiger charge is 2.28. The minimum atomic E-state index is 0. The van der Waals surface area contributed by atoms with Gasteiger partial charge in [-0.05, 0) is 20.8 Å². The lowest BCUT2D eigenvalue weighted by atomic mass is 10.1. The Labute approximate surface area is 184 Å². The number of methoxy groups -OCH3 is 3. The van der Waals surface area contributed by atoms with Crippen molar-refractivity contribution in [1.29, 1.82) is 0 Å². The number of aliphatic imine (C=N–C) groups is 1. The summed E-state index contributed by atoms with van der Waals surface area (Å²) in [6.07, 6.45) is 0. The third-order valence-corrected chi connectivity index (χ3v) is 5.56. The fourth-order valence-corrected chi connectivity index (χ4v) is 4.12. The van der Waals surface area contributed by atoms with Crippen molar-refractivity contribution >= 4 is 41.7 Å². The van der Waals surface area contributed by atoms with Gasteiger partial charge < -0.3 is 24.4 Å². The van der Waals surface area contributed by atoms with E-state index < -0.39 is 0 Å². The fourth-order valence-electron chi connectivity index (χ4n) is 3.01. The smallest absolute Gasteiger partial charge is 0.194 e. The molecule has 0 bridgehead atoms. The van der Waals surface area contributed by atoms with E-state index in [1.54, 1.807) is 21.3 Å². The number of guanidine groups is 1. The zero-order valence-corrected chi connectivity index (χ0v) is 20.3. The van der Waals surface area contributed by atoms with Gasteiger partial charge in [-0.1, -0.05) is 0 Å². The van der Waals surface area contributed by atoms with Crippen LogP contribution in [0.3, 0.4) is 0 Å². The Morgan fingerprint density at radius 1 is 1.19 bits per heavy atom. The summed E-state index contributed by atoms with van der Waals surface area (Å²) in [5.41, 5.74) is 0.914. The molecule has 8 heteroatoms. The summed E-state index contributed by atoms with van der Waals surface area (Å²) < 4.78 is 16.6. The molecule has 0 aromatic heterocycles. The molecular weight excluding hydrogens is 477 g/mol. The lowest BCUT2D eigenvalue weighted by Gasteiger charge is -2.39. The van der Waals surface area contributed by atoms with Gasteiger partial charge in [-0.25, -0.2) is 4.99 Å². The van der Waals surface area contributed by atoms with Crippen molar-refractivity contribution in [2.24, 2.45) is 4.99 Å². The predicted molar refractivity (Wildman–Crippen MR) is 124 cm³/mol. The number of nitrogens with one attached hydrogen (secondary N) is 1. The second kappa shape index (κ2) is 11.1. The molecule has 0 radical (unpaired) electrons. The van der Waals surface area contributed by atoms with Crippen LogP contribution in [0.2, 0.25) is 0 Å². The molecule has 0 saturated carbocycles. The van der Waals surface area contributed by atoms with Gasteiger partial charge in [0.1, 0.15) is 17.2 Å². The van der Waals surface area contributed by atoms with E-state index >= 15 is 0 Å². The lowest BCUT2D eigenvalue weighted by Crippen LogP contribution is -2.50. The molecule has 0 amide bonds. The van der Waals surface area contributed by atoms with Crippen LogP contribution in [0, 0.1) is 0 Å². The van der Waals surface area contributed by atoms with Crippen molar-refractivity contribution in [2.75, 3.05) is 46.7 Å². The number of rotatable bonds is 6. The summed E-state index contributed by atoms with van der Waals surface area (Å²) in [7, 11) is 4.93. The first-order valence-electron chi connectivity index (χ1n) is 8.90. The Morgan fingerprint density at radius 2 is 1.81 bits per heavy atom. The van der Waals surface area contributed by atoms with Crippen molar-refractivity contribution in [3.05, 3.63) is 17.7 Å². The van der Waals surface area contributed by atoms with Crippen LogP contribution in [0.1, 0.15) is 26.3 Å². The van der Waals surface area contributed by atoms with Gasteiger partial charge in [-0.15, -0.1) is 24.0 Å². The molecule has 27 heavy (non-hydrogen) atoms. The van der Waals surface area contributed by atoms with Crippen LogP contribution in [0.4, 0.5) is 0 Å². The Balaban J connectivity index is 0.00000364. The van der Waals surface area contributed by atoms with Crippen LogP contribution in [0.5, 0.6) is 17.2 Å². The molecule has 1 N–H and O–H groups in total. The first-order chi connectivity index (χ1) is 12.4. The zero-order chi connectivity index (χ0) is 19.2. The molecule has 1 aromatic rings. The summed E-state index contributed by atoms with van der Waals surface area (Å²) in [5.74, 6) is 4.17. The van der Waals surface area contributed by atoms with Gasteiger partial charge >= 0.3 is 0 Å². The average molecular weight is 509 g/mol. The molecule has 2 rings (SSSR count). The van der Waals surface area contributed by atoms with E-state index in [4.69, 9.17) is 19.2 Å². The van der Waals surface area contributed by atoms with E-state index in [-0.39, 0.29) is 28.7 Å². The van der Waals surface area contributed by atoms with Crippen LogP contribution < -0.4 is 19.5 Å². The maximum absolute atomic E-state index is 5.53. The highest BCUT2D eigenvalue weighted by Crippen LogP contribution is 2.35. The molecule has 1 aliphatic rings. The number of thioether (sulfide) groups is 1. The summed E-state index contributed by atoms with van der Waals surface area (Å²) in [6.45, 7) is 9.93. The second-order valence-electron chi connectivity index (χ2n) is 6.71. The highest BCUT2D eigenvalue weighted by atomic mass is 127. The van der Waals surface area contributed by atoms with E-state index in [1.165, 1.54) is 0 Å². The number of benzene rings is 1. The van der Waals surface area contributed by atoms with E-state index in [1.807, 2.05) is 23.9 Å². The number of hydrogen-bond donors (Lipinski definition) is 1. The predicted octanol–water partition coefficient (Wildman–Crippen LogP) is 3.62. The Hall–Kier alpha value is -1.03. The first kappa shape index (κ1) is 24.0. The summed E-state index contributed by atoms with van der Waals surface area (Å²) in [6, 6.07) is 3.72. The Bertz CT molecular complexity index is 616. The molecule has 6 nitrogen and oxygen atoms in total. The van der Waals surface area contributed by atoms with Crippen LogP contribution in [0.15, 0.2) is 17.1 Å². The SMILES string of the molecule is CCNC(=NCc1c(OC)cc(OC)cc1OC)N1CCSC(C)(C)C1.I. The molecule has 0 unspecified atom stereocenters. The third kappa shape index (κ3) is 6.51. The number of hydrogen-bond acceptors (Lipinski definition) is 5. The molecule has 0 spiro atoms. The highest BCUT2D eigenvalue weighted by molar-refractivity contribution is 14.0. The normalized spacial score (nSPS) is 16.4. The fraction of sp³-hybridized carbons (Fsp3) is 0.632. The maximum Gasteiger partial charge on any atom is 0.194 e. The first-order valence-corrected chi connectivity index (χ1v) is 9.88. The molecule has 1 heterocycles. The monoisotopic (exact) mass is 509 g/mol. The molecule has 0 atom stereocenters. The van der Waals surface area contributed by atoms with Crippen LogP contribution in [-0.2, 0) is 6.54 Å². The van der Waals surface area contributed by atoms with Crippen molar-refractivity contribution in [2.45, 2.75) is 32.1 Å². The molecule has 1 fully saturated rings. The molecule has 1 aliphatic heterocycles. The molecular formula is C19H32IN3O3S. The van der Waals surface area contributed by atoms with E-state index in [0.717, 1.165) is 48.4 Å². The molecule has 1 aromatic carbocycles. The number of nitrogens with zero attached hydrogens (tertiary/aromatic N) is 2. The largest absolute Gasteiger partial charge is 0.496 e. The van der Waals surface area contributed by atoms with Gasteiger partial charge in [0.25, 0.3) is 0 Å². The van der Waals surface area contributed by atoms with Gasteiger partial charge in [-0.3, -0.25) is 0 Å². The average Bonchev–Trinajstić information content (AvgIpc) is 2.63. The Kier molecular flexibility index (Phi) is 9.86. The van der Waals surface area contributed by atoms with Gasteiger partial charge in [0, 0.05) is 42.3 Å². The molecule has 0 aliphatic carbocycles. The molecule has 154 valence electrons. The minimum Gasteiger partial charge on any atom is -0.496 e. The number of halogens is 1. The summed E-state index contributed by atoms with van der Waals surface area (Å²) >= 11 is 2.01. The van der Waals surface area contributed by atoms with Gasteiger partial charge in [-0.2, -0.15) is 11.8 Å². The molecule has 1 saturated heterocycles. The summed E-state index contributed by atoms with van der Waals surface area (Å²) in [4.78, 5) is 7.20. The van der Waals surface area contributed by atoms with Crippen molar-refractivity contribution in [3.63, 3.8) is 0 Å². The summed E-state index contributed by atoms with van der Waals surface area (Å²) in [5, 5.41) is 3.42. The van der Waals surface area contributed by atoms with Crippen LogP contribution >= 0.6 is 35.7 Å². The van der Waals surface area contributed by atoms with E-state index in [9.17, 15) is 0 Å². The number of ether oxygens (including phenoxy) is 3. The van der Waals surface area contributed by atoms with Crippen molar-refractivity contribution in [3.8, 4) is 17.2 Å². The second-order valence-corrected chi connectivity index (χ2v) is 8.51. The van der Waals surface area contributed by atoms with Gasteiger partial charge in [0.05, 0.1) is 33.4 Å². The minimum absolute atomic E-state index is 0. The van der Waals surface area contributed by atoms with Crippen LogP contribution in [0.25, 0.3) is 0 Å². The quantitative estimate of drug-likeness (QED) is 0.359. The zero-order valence-electron chi connectivity index (χ0n) is 17.1. The van der Waals surface area contributed by atoms with Crippen LogP contribution in [-0.4, -0.2) is 62.3 Å². The maximum atomic E-state index is 5.53. The Morgan fingerprint density at radius 3 is 2.30 bits per heavy atom. The van der Waals surface area contributed by atoms with E-state index in [2.05, 4.69) is 31.0 Å². The standard InChI is InChI=1S/C19H31N3O3S.HI/c1-7-20-18(22-8-9-26-19(2,3)13-22)21-12-15-16(24-5)10-14(23-4)11-17(15)25-6;/h10-11H,7-9,12-13H2,1-6H3,(H,20,21);1H. The van der Waals surface area contributed by atoms with Crippen molar-refractivity contribution < 1.29 is 14.2 Å². The third-order valence-electron chi connectivity index (χ3n) is 4.26. The van der Waals surface area contributed by atoms with Gasteiger partial charge in [0.15, 0.2) is 5.96 Å².